The third-order valence-electron chi connectivity index (χ3n) is 5.58. The van der Waals surface area contributed by atoms with Crippen LogP contribution < -0.4 is 10.0 Å². The fourth-order valence-electron chi connectivity index (χ4n) is 3.60. The Labute approximate surface area is 198 Å². The average Bonchev–Trinajstić information content (AvgIpc) is 2.71. The van der Waals surface area contributed by atoms with Crippen LogP contribution >= 0.6 is 23.2 Å². The molecule has 2 aromatic rings. The molecule has 0 spiro atoms. The minimum absolute atomic E-state index is 0.0330. The molecule has 0 bridgehead atoms. The van der Waals surface area contributed by atoms with E-state index in [4.69, 9.17) is 23.2 Å². The third-order valence-corrected chi connectivity index (χ3v) is 7.77. The summed E-state index contributed by atoms with van der Waals surface area (Å²) in [7, 11) is -5.96. The monoisotopic (exact) mass is 498 g/mol. The van der Waals surface area contributed by atoms with Crippen LogP contribution in [0, 0.1) is 5.92 Å². The van der Waals surface area contributed by atoms with Crippen molar-refractivity contribution in [3.05, 3.63) is 64.1 Å². The second kappa shape index (κ2) is 11.0. The standard InChI is InChI=1S/C21H25BCl2N2O5S/c23-16-9-10-17(24)19(13-16)32(30,31)26-18(11-14-5-2-1-3-6-14)21(27)25-20(22(28)29)12-15-7-4-8-15/h1-3,5-6,9-10,13,15,18,20,26,28-29H,4,7-8,11-12H2,(H,25,27)/t18-,20-/m0/s1. The van der Waals surface area contributed by atoms with Gasteiger partial charge in [-0.3, -0.25) is 4.79 Å². The molecule has 1 saturated carbocycles. The molecular formula is C21H25BCl2N2O5S. The lowest BCUT2D eigenvalue weighted by Gasteiger charge is -2.30. The van der Waals surface area contributed by atoms with Gasteiger partial charge in [0.15, 0.2) is 0 Å². The van der Waals surface area contributed by atoms with E-state index in [2.05, 4.69) is 10.0 Å². The van der Waals surface area contributed by atoms with E-state index in [9.17, 15) is 23.3 Å². The summed E-state index contributed by atoms with van der Waals surface area (Å²) >= 11 is 12.0. The highest BCUT2D eigenvalue weighted by Crippen LogP contribution is 2.30. The lowest BCUT2D eigenvalue weighted by Crippen LogP contribution is -2.55. The number of carbonyl (C=O) groups excluding carboxylic acids is 1. The highest BCUT2D eigenvalue weighted by Gasteiger charge is 2.34. The number of amides is 1. The third kappa shape index (κ3) is 6.70. The second-order valence-electron chi connectivity index (χ2n) is 8.00. The van der Waals surface area contributed by atoms with Gasteiger partial charge in [-0.2, -0.15) is 4.72 Å². The number of hydrogen-bond acceptors (Lipinski definition) is 5. The molecule has 4 N–H and O–H groups in total. The molecule has 32 heavy (non-hydrogen) atoms. The van der Waals surface area contributed by atoms with Crippen molar-refractivity contribution in [2.75, 3.05) is 0 Å². The van der Waals surface area contributed by atoms with Crippen molar-refractivity contribution in [3.63, 3.8) is 0 Å². The molecule has 0 radical (unpaired) electrons. The second-order valence-corrected chi connectivity index (χ2v) is 10.5. The van der Waals surface area contributed by atoms with E-state index in [0.717, 1.165) is 24.8 Å². The summed E-state index contributed by atoms with van der Waals surface area (Å²) in [5.74, 6) is -1.25. The zero-order chi connectivity index (χ0) is 23.3. The van der Waals surface area contributed by atoms with E-state index in [1.807, 2.05) is 6.07 Å². The zero-order valence-electron chi connectivity index (χ0n) is 17.2. The van der Waals surface area contributed by atoms with E-state index in [1.165, 1.54) is 18.2 Å². The van der Waals surface area contributed by atoms with Gasteiger partial charge in [0.1, 0.15) is 10.9 Å². The van der Waals surface area contributed by atoms with Gasteiger partial charge < -0.3 is 15.4 Å². The Balaban J connectivity index is 1.83. The topological polar surface area (TPSA) is 116 Å². The summed E-state index contributed by atoms with van der Waals surface area (Å²) in [5, 5.41) is 22.3. The fraction of sp³-hybridized carbons (Fsp3) is 0.381. The van der Waals surface area contributed by atoms with Crippen molar-refractivity contribution in [1.82, 2.24) is 10.0 Å². The fourth-order valence-corrected chi connectivity index (χ4v) is 5.56. The Hall–Kier alpha value is -1.62. The molecule has 0 aliphatic heterocycles. The first-order valence-corrected chi connectivity index (χ1v) is 12.6. The molecule has 0 unspecified atom stereocenters. The first kappa shape index (κ1) is 25.0. The summed E-state index contributed by atoms with van der Waals surface area (Å²) in [5.41, 5.74) is 0.729. The molecule has 1 aliphatic carbocycles. The normalized spacial score (nSPS) is 16.1. The first-order valence-electron chi connectivity index (χ1n) is 10.3. The maximum Gasteiger partial charge on any atom is 0.475 e. The van der Waals surface area contributed by atoms with E-state index < -0.39 is 35.0 Å². The van der Waals surface area contributed by atoms with Crippen molar-refractivity contribution in [2.24, 2.45) is 5.92 Å². The van der Waals surface area contributed by atoms with Crippen LogP contribution in [0.15, 0.2) is 53.4 Å². The molecule has 11 heteroatoms. The largest absolute Gasteiger partial charge is 0.475 e. The maximum absolute atomic E-state index is 13.1. The molecule has 0 heterocycles. The minimum atomic E-state index is -4.20. The van der Waals surface area contributed by atoms with Crippen LogP contribution in [0.1, 0.15) is 31.2 Å². The Morgan fingerprint density at radius 3 is 2.41 bits per heavy atom. The summed E-state index contributed by atoms with van der Waals surface area (Å²) in [6, 6.07) is 11.7. The van der Waals surface area contributed by atoms with Gasteiger partial charge in [0, 0.05) is 5.02 Å². The molecule has 1 fully saturated rings. The molecule has 2 aromatic carbocycles. The number of sulfonamides is 1. The van der Waals surface area contributed by atoms with Crippen LogP contribution in [0.2, 0.25) is 10.0 Å². The van der Waals surface area contributed by atoms with E-state index >= 15 is 0 Å². The highest BCUT2D eigenvalue weighted by atomic mass is 35.5. The Bertz CT molecular complexity index is 1040. The molecule has 7 nitrogen and oxygen atoms in total. The Kier molecular flexibility index (Phi) is 8.60. The summed E-state index contributed by atoms with van der Waals surface area (Å²) < 4.78 is 28.5. The van der Waals surface area contributed by atoms with Crippen LogP contribution in [-0.2, 0) is 21.2 Å². The highest BCUT2D eigenvalue weighted by molar-refractivity contribution is 7.89. The number of hydrogen-bond donors (Lipinski definition) is 4. The summed E-state index contributed by atoms with van der Waals surface area (Å²) in [4.78, 5) is 12.8. The van der Waals surface area contributed by atoms with E-state index in [-0.39, 0.29) is 21.4 Å². The van der Waals surface area contributed by atoms with Crippen LogP contribution in [0.5, 0.6) is 0 Å². The Morgan fingerprint density at radius 1 is 1.12 bits per heavy atom. The first-order chi connectivity index (χ1) is 15.2. The zero-order valence-corrected chi connectivity index (χ0v) is 19.6. The molecule has 3 rings (SSSR count). The average molecular weight is 499 g/mol. The van der Waals surface area contributed by atoms with Gasteiger partial charge >= 0.3 is 7.12 Å². The molecule has 0 saturated heterocycles. The van der Waals surface area contributed by atoms with Crippen molar-refractivity contribution in [3.8, 4) is 0 Å². The number of halogens is 2. The van der Waals surface area contributed by atoms with Gasteiger partial charge in [0.05, 0.1) is 11.0 Å². The smallest absolute Gasteiger partial charge is 0.426 e. The van der Waals surface area contributed by atoms with Crippen LogP contribution in [0.3, 0.4) is 0 Å². The van der Waals surface area contributed by atoms with Gasteiger partial charge in [-0.25, -0.2) is 8.42 Å². The predicted octanol–water partition coefficient (Wildman–Crippen LogP) is 2.57. The van der Waals surface area contributed by atoms with Crippen molar-refractivity contribution in [1.29, 1.82) is 0 Å². The maximum atomic E-state index is 13.1. The van der Waals surface area contributed by atoms with E-state index in [0.29, 0.717) is 12.3 Å². The SMILES string of the molecule is O=C(N[C@@H](CC1CCC1)B(O)O)[C@H](Cc1ccccc1)NS(=O)(=O)c1cc(Cl)ccc1Cl. The molecular weight excluding hydrogens is 474 g/mol. The number of benzene rings is 2. The lowest BCUT2D eigenvalue weighted by atomic mass is 9.69. The van der Waals surface area contributed by atoms with Crippen LogP contribution in [0.25, 0.3) is 0 Å². The van der Waals surface area contributed by atoms with Gasteiger partial charge in [-0.15, -0.1) is 0 Å². The number of carbonyl (C=O) groups is 1. The van der Waals surface area contributed by atoms with Gasteiger partial charge in [0.2, 0.25) is 15.9 Å². The van der Waals surface area contributed by atoms with Crippen LogP contribution in [-0.4, -0.2) is 43.5 Å². The molecule has 172 valence electrons. The minimum Gasteiger partial charge on any atom is -0.426 e. The van der Waals surface area contributed by atoms with Gasteiger partial charge in [-0.1, -0.05) is 72.8 Å². The number of rotatable bonds is 10. The Morgan fingerprint density at radius 2 is 1.81 bits per heavy atom. The molecule has 0 aromatic heterocycles. The van der Waals surface area contributed by atoms with E-state index in [1.54, 1.807) is 24.3 Å². The van der Waals surface area contributed by atoms with Crippen molar-refractivity contribution >= 4 is 46.3 Å². The predicted molar refractivity (Wildman–Crippen MR) is 125 cm³/mol. The number of nitrogens with one attached hydrogen (secondary N) is 2. The van der Waals surface area contributed by atoms with Crippen molar-refractivity contribution in [2.45, 2.75) is 49.0 Å². The summed E-state index contributed by atoms with van der Waals surface area (Å²) in [6.07, 6.45) is 3.47. The summed E-state index contributed by atoms with van der Waals surface area (Å²) in [6.45, 7) is 0. The lowest BCUT2D eigenvalue weighted by molar-refractivity contribution is -0.123. The quantitative estimate of drug-likeness (QED) is 0.376. The molecule has 1 amide bonds. The van der Waals surface area contributed by atoms with Crippen LogP contribution in [0.4, 0.5) is 0 Å². The molecule has 1 aliphatic rings. The van der Waals surface area contributed by atoms with Gasteiger partial charge in [-0.05, 0) is 42.5 Å². The van der Waals surface area contributed by atoms with Crippen molar-refractivity contribution < 1.29 is 23.3 Å². The van der Waals surface area contributed by atoms with Gasteiger partial charge in [0.25, 0.3) is 0 Å². The molecule has 2 atom stereocenters.